The van der Waals surface area contributed by atoms with Crippen molar-refractivity contribution in [2.24, 2.45) is 0 Å². The molecule has 0 radical (unpaired) electrons. The zero-order valence-corrected chi connectivity index (χ0v) is 21.8. The highest BCUT2D eigenvalue weighted by atomic mass is 19.1. The molecule has 7 nitrogen and oxygen atoms in total. The van der Waals surface area contributed by atoms with Crippen LogP contribution in [0.15, 0.2) is 42.5 Å². The van der Waals surface area contributed by atoms with Gasteiger partial charge in [-0.05, 0) is 87.6 Å². The Morgan fingerprint density at radius 1 is 1.05 bits per heavy atom. The number of halogens is 1. The second kappa shape index (κ2) is 10.3. The van der Waals surface area contributed by atoms with Crippen molar-refractivity contribution in [3.05, 3.63) is 87.5 Å². The predicted octanol–water partition coefficient (Wildman–Crippen LogP) is 5.38. The first kappa shape index (κ1) is 25.4. The number of likely N-dealkylation sites (tertiary alicyclic amines) is 1. The molecule has 3 amide bonds. The molecule has 1 aromatic heterocycles. The second-order valence-electron chi connectivity index (χ2n) is 10.0. The van der Waals surface area contributed by atoms with Crippen molar-refractivity contribution in [2.75, 3.05) is 18.4 Å². The van der Waals surface area contributed by atoms with Crippen LogP contribution in [-0.2, 0) is 4.79 Å². The number of aromatic nitrogens is 1. The molecule has 0 spiro atoms. The van der Waals surface area contributed by atoms with E-state index < -0.39 is 0 Å². The minimum atomic E-state index is -0.335. The summed E-state index contributed by atoms with van der Waals surface area (Å²) >= 11 is 0. The van der Waals surface area contributed by atoms with E-state index in [1.807, 2.05) is 25.7 Å². The molecule has 1 saturated heterocycles. The number of H-pyrrole nitrogens is 1. The quantitative estimate of drug-likeness (QED) is 0.399. The molecule has 3 N–H and O–H groups in total. The standard InChI is InChI=1S/C30H31FN4O3/c1-17-26(32-19(3)27(17)30(38)35-13-5-4-6-14-35)16-24-23-15-21(9-12-25(23)34-29(24)37)28(36)33-18(2)20-7-10-22(31)11-8-20/h7-12,15-16,18,32H,4-6,13-14H2,1-3H3,(H,33,36)(H,34,37)/t18-/m0/s1. The summed E-state index contributed by atoms with van der Waals surface area (Å²) in [6, 6.07) is 10.7. The fourth-order valence-electron chi connectivity index (χ4n) is 5.23. The number of hydrogen-bond donors (Lipinski definition) is 3. The molecule has 1 fully saturated rings. The number of aromatic amines is 1. The minimum absolute atomic E-state index is 0.0195. The molecule has 0 saturated carbocycles. The molecular weight excluding hydrogens is 483 g/mol. The van der Waals surface area contributed by atoms with Gasteiger partial charge < -0.3 is 20.5 Å². The molecule has 8 heteroatoms. The number of benzene rings is 2. The summed E-state index contributed by atoms with van der Waals surface area (Å²) < 4.78 is 13.3. The van der Waals surface area contributed by atoms with Crippen molar-refractivity contribution in [2.45, 2.75) is 46.1 Å². The third-order valence-corrected chi connectivity index (χ3v) is 7.40. The summed E-state index contributed by atoms with van der Waals surface area (Å²) in [5, 5.41) is 5.79. The van der Waals surface area contributed by atoms with E-state index in [2.05, 4.69) is 15.6 Å². The van der Waals surface area contributed by atoms with E-state index in [1.54, 1.807) is 36.4 Å². The number of nitrogens with zero attached hydrogens (tertiary/aromatic N) is 1. The highest BCUT2D eigenvalue weighted by Gasteiger charge is 2.28. The summed E-state index contributed by atoms with van der Waals surface area (Å²) in [6.07, 6.45) is 4.92. The van der Waals surface area contributed by atoms with E-state index in [-0.39, 0.29) is 29.6 Å². The Morgan fingerprint density at radius 2 is 1.76 bits per heavy atom. The lowest BCUT2D eigenvalue weighted by Crippen LogP contribution is -2.36. The summed E-state index contributed by atoms with van der Waals surface area (Å²) in [6.45, 7) is 7.12. The van der Waals surface area contributed by atoms with E-state index in [4.69, 9.17) is 0 Å². The van der Waals surface area contributed by atoms with Crippen LogP contribution in [0.5, 0.6) is 0 Å². The van der Waals surface area contributed by atoms with Crippen LogP contribution in [0.2, 0.25) is 0 Å². The van der Waals surface area contributed by atoms with Gasteiger partial charge in [0.2, 0.25) is 0 Å². The monoisotopic (exact) mass is 514 g/mol. The molecule has 5 rings (SSSR count). The van der Waals surface area contributed by atoms with Crippen molar-refractivity contribution in [1.29, 1.82) is 0 Å². The molecular formula is C30H31FN4O3. The Labute approximate surface area is 221 Å². The summed E-state index contributed by atoms with van der Waals surface area (Å²) in [7, 11) is 0. The predicted molar refractivity (Wildman–Crippen MR) is 145 cm³/mol. The number of anilines is 1. The number of nitrogens with one attached hydrogen (secondary N) is 3. The SMILES string of the molecule is Cc1[nH]c(C=C2C(=O)Nc3ccc(C(=O)N[C@@H](C)c4ccc(F)cc4)cc32)c(C)c1C(=O)N1CCCCC1. The number of aryl methyl sites for hydroxylation is 1. The van der Waals surface area contributed by atoms with Crippen LogP contribution in [0.1, 0.15) is 81.0 Å². The van der Waals surface area contributed by atoms with Crippen LogP contribution in [0.25, 0.3) is 11.6 Å². The lowest BCUT2D eigenvalue weighted by molar-refractivity contribution is -0.110. The maximum Gasteiger partial charge on any atom is 0.256 e. The van der Waals surface area contributed by atoms with Crippen molar-refractivity contribution in [1.82, 2.24) is 15.2 Å². The average molecular weight is 515 g/mol. The van der Waals surface area contributed by atoms with Crippen LogP contribution in [0, 0.1) is 19.7 Å². The first-order chi connectivity index (χ1) is 18.2. The van der Waals surface area contributed by atoms with Gasteiger partial charge in [0.25, 0.3) is 17.7 Å². The number of hydrogen-bond acceptors (Lipinski definition) is 3. The summed E-state index contributed by atoms with van der Waals surface area (Å²) in [4.78, 5) is 44.3. The largest absolute Gasteiger partial charge is 0.358 e. The van der Waals surface area contributed by atoms with E-state index >= 15 is 0 Å². The Hall–Kier alpha value is -4.20. The lowest BCUT2D eigenvalue weighted by Gasteiger charge is -2.27. The molecule has 0 aliphatic carbocycles. The fraction of sp³-hybridized carbons (Fsp3) is 0.300. The minimum Gasteiger partial charge on any atom is -0.358 e. The van der Waals surface area contributed by atoms with Gasteiger partial charge in [-0.2, -0.15) is 0 Å². The number of amides is 3. The number of carbonyl (C=O) groups is 3. The zero-order chi connectivity index (χ0) is 27.0. The number of piperidine rings is 1. The van der Waals surface area contributed by atoms with Gasteiger partial charge >= 0.3 is 0 Å². The molecule has 2 aliphatic rings. The first-order valence-electron chi connectivity index (χ1n) is 12.9. The van der Waals surface area contributed by atoms with Gasteiger partial charge in [-0.3, -0.25) is 14.4 Å². The normalized spacial score (nSPS) is 16.8. The third-order valence-electron chi connectivity index (χ3n) is 7.40. The Morgan fingerprint density at radius 3 is 2.47 bits per heavy atom. The van der Waals surface area contributed by atoms with Gasteiger partial charge in [-0.25, -0.2) is 4.39 Å². The summed E-state index contributed by atoms with van der Waals surface area (Å²) in [5.74, 6) is -0.888. The maximum atomic E-state index is 13.3. The highest BCUT2D eigenvalue weighted by Crippen LogP contribution is 2.35. The molecule has 38 heavy (non-hydrogen) atoms. The van der Waals surface area contributed by atoms with Gasteiger partial charge in [-0.15, -0.1) is 0 Å². The number of rotatable bonds is 5. The number of fused-ring (bicyclic) bond motifs is 1. The van der Waals surface area contributed by atoms with Gasteiger partial charge in [-0.1, -0.05) is 12.1 Å². The van der Waals surface area contributed by atoms with E-state index in [9.17, 15) is 18.8 Å². The fourth-order valence-corrected chi connectivity index (χ4v) is 5.23. The van der Waals surface area contributed by atoms with Gasteiger partial charge in [0, 0.05) is 41.3 Å². The van der Waals surface area contributed by atoms with Crippen LogP contribution >= 0.6 is 0 Å². The number of carbonyl (C=O) groups excluding carboxylic acids is 3. The van der Waals surface area contributed by atoms with Crippen molar-refractivity contribution < 1.29 is 18.8 Å². The smallest absolute Gasteiger partial charge is 0.256 e. The third kappa shape index (κ3) is 4.86. The highest BCUT2D eigenvalue weighted by molar-refractivity contribution is 6.35. The maximum absolute atomic E-state index is 13.3. The Bertz CT molecular complexity index is 1450. The molecule has 1 atom stereocenters. The van der Waals surface area contributed by atoms with E-state index in [1.165, 1.54) is 12.1 Å². The Balaban J connectivity index is 1.41. The Kier molecular flexibility index (Phi) is 6.89. The molecule has 2 aromatic carbocycles. The molecule has 2 aliphatic heterocycles. The topological polar surface area (TPSA) is 94.3 Å². The van der Waals surface area contributed by atoms with Crippen molar-refractivity contribution in [3.63, 3.8) is 0 Å². The first-order valence-corrected chi connectivity index (χ1v) is 12.9. The molecule has 0 unspecified atom stereocenters. The van der Waals surface area contributed by atoms with Crippen LogP contribution in [0.4, 0.5) is 10.1 Å². The van der Waals surface area contributed by atoms with E-state index in [0.29, 0.717) is 33.6 Å². The molecule has 196 valence electrons. The van der Waals surface area contributed by atoms with Crippen LogP contribution < -0.4 is 10.6 Å². The van der Waals surface area contributed by atoms with Crippen LogP contribution in [0.3, 0.4) is 0 Å². The second-order valence-corrected chi connectivity index (χ2v) is 10.0. The molecule has 3 aromatic rings. The van der Waals surface area contributed by atoms with Crippen LogP contribution in [-0.4, -0.2) is 40.7 Å². The van der Waals surface area contributed by atoms with Crippen molar-refractivity contribution >= 4 is 35.1 Å². The summed E-state index contributed by atoms with van der Waals surface area (Å²) in [5.41, 5.74) is 5.76. The van der Waals surface area contributed by atoms with Crippen molar-refractivity contribution in [3.8, 4) is 0 Å². The van der Waals surface area contributed by atoms with Gasteiger partial charge in [0.1, 0.15) is 5.82 Å². The average Bonchev–Trinajstić information content (AvgIpc) is 3.38. The van der Waals surface area contributed by atoms with E-state index in [0.717, 1.165) is 49.2 Å². The molecule has 0 bridgehead atoms. The molecule has 3 heterocycles. The van der Waals surface area contributed by atoms with Gasteiger partial charge in [0.15, 0.2) is 0 Å². The van der Waals surface area contributed by atoms with Gasteiger partial charge in [0.05, 0.1) is 17.2 Å². The zero-order valence-electron chi connectivity index (χ0n) is 21.8. The lowest BCUT2D eigenvalue weighted by atomic mass is 10.0.